The Morgan fingerprint density at radius 2 is 1.59 bits per heavy atom. The van der Waals surface area contributed by atoms with E-state index in [9.17, 15) is 9.59 Å². The number of likely N-dealkylation sites (N-methyl/N-ethyl adjacent to an activating group) is 1. The molecule has 29 heavy (non-hydrogen) atoms. The van der Waals surface area contributed by atoms with Crippen molar-refractivity contribution in [2.24, 2.45) is 5.92 Å². The van der Waals surface area contributed by atoms with Gasteiger partial charge < -0.3 is 15.5 Å². The molecular weight excluding hydrogens is 364 g/mol. The number of hydrogen-bond donors (Lipinski definition) is 2. The highest BCUT2D eigenvalue weighted by Gasteiger charge is 2.23. The fraction of sp³-hybridized carbons (Fsp3) is 0.652. The van der Waals surface area contributed by atoms with E-state index in [2.05, 4.69) is 67.5 Å². The summed E-state index contributed by atoms with van der Waals surface area (Å²) in [5, 5.41) is 6.13. The van der Waals surface area contributed by atoms with Crippen LogP contribution in [0.15, 0.2) is 24.3 Å². The van der Waals surface area contributed by atoms with Crippen LogP contribution in [0.3, 0.4) is 0 Å². The number of nitrogens with zero attached hydrogens (tertiary/aromatic N) is 2. The Labute approximate surface area is 176 Å². The van der Waals surface area contributed by atoms with E-state index < -0.39 is 0 Å². The van der Waals surface area contributed by atoms with Crippen molar-refractivity contribution in [1.82, 2.24) is 20.4 Å². The molecule has 0 aliphatic carbocycles. The fourth-order valence-electron chi connectivity index (χ4n) is 3.75. The minimum atomic E-state index is 0.0190. The molecule has 6 nitrogen and oxygen atoms in total. The van der Waals surface area contributed by atoms with Crippen molar-refractivity contribution in [2.45, 2.75) is 46.1 Å². The van der Waals surface area contributed by atoms with Gasteiger partial charge in [0.1, 0.15) is 0 Å². The van der Waals surface area contributed by atoms with Crippen molar-refractivity contribution in [1.29, 1.82) is 0 Å². The van der Waals surface area contributed by atoms with Gasteiger partial charge in [0.05, 0.1) is 13.1 Å². The second-order valence-electron chi connectivity index (χ2n) is 8.41. The summed E-state index contributed by atoms with van der Waals surface area (Å²) in [6.45, 7) is 12.4. The molecule has 2 rings (SSSR count). The van der Waals surface area contributed by atoms with E-state index >= 15 is 0 Å². The minimum Gasteiger partial charge on any atom is -0.358 e. The molecule has 1 aliphatic heterocycles. The third-order valence-corrected chi connectivity index (χ3v) is 5.99. The lowest BCUT2D eigenvalue weighted by atomic mass is 9.92. The van der Waals surface area contributed by atoms with Crippen LogP contribution in [-0.4, -0.2) is 67.9 Å². The molecule has 0 spiro atoms. The Morgan fingerprint density at radius 3 is 2.10 bits per heavy atom. The molecule has 1 aromatic carbocycles. The summed E-state index contributed by atoms with van der Waals surface area (Å²) < 4.78 is 0. The van der Waals surface area contributed by atoms with E-state index in [0.717, 1.165) is 19.5 Å². The van der Waals surface area contributed by atoms with Crippen molar-refractivity contribution < 1.29 is 9.59 Å². The maximum atomic E-state index is 12.7. The molecule has 1 fully saturated rings. The van der Waals surface area contributed by atoms with Gasteiger partial charge in [-0.2, -0.15) is 0 Å². The van der Waals surface area contributed by atoms with Gasteiger partial charge in [0.25, 0.3) is 0 Å². The largest absolute Gasteiger partial charge is 0.358 e. The number of piperazine rings is 1. The van der Waals surface area contributed by atoms with Crippen LogP contribution in [0.4, 0.5) is 0 Å². The van der Waals surface area contributed by atoms with Crippen LogP contribution in [0.5, 0.6) is 0 Å². The second kappa shape index (κ2) is 11.3. The average Bonchev–Trinajstić information content (AvgIpc) is 2.73. The molecule has 0 aromatic heterocycles. The first-order chi connectivity index (χ1) is 13.8. The zero-order chi connectivity index (χ0) is 21.4. The molecule has 2 amide bonds. The fourth-order valence-corrected chi connectivity index (χ4v) is 3.75. The van der Waals surface area contributed by atoms with Gasteiger partial charge in [0, 0.05) is 39.3 Å². The predicted molar refractivity (Wildman–Crippen MR) is 118 cm³/mol. The Bertz CT molecular complexity index is 651. The monoisotopic (exact) mass is 402 g/mol. The zero-order valence-electron chi connectivity index (χ0n) is 18.7. The molecule has 2 N–H and O–H groups in total. The molecule has 1 saturated heterocycles. The van der Waals surface area contributed by atoms with E-state index in [1.807, 2.05) is 4.90 Å². The van der Waals surface area contributed by atoms with Gasteiger partial charge in [-0.3, -0.25) is 14.5 Å². The predicted octanol–water partition coefficient (Wildman–Crippen LogP) is 2.38. The molecule has 2 atom stereocenters. The molecular formula is C23H38N4O2. The Kier molecular flexibility index (Phi) is 9.11. The van der Waals surface area contributed by atoms with Crippen LogP contribution in [0.25, 0.3) is 0 Å². The van der Waals surface area contributed by atoms with E-state index in [0.29, 0.717) is 38.0 Å². The maximum Gasteiger partial charge on any atom is 0.236 e. The highest BCUT2D eigenvalue weighted by Crippen LogP contribution is 2.25. The van der Waals surface area contributed by atoms with Crippen LogP contribution in [-0.2, 0) is 9.59 Å². The Hall–Kier alpha value is -1.92. The minimum absolute atomic E-state index is 0.0190. The molecule has 0 saturated carbocycles. The highest BCUT2D eigenvalue weighted by molar-refractivity contribution is 5.79. The first kappa shape index (κ1) is 23.4. The summed E-state index contributed by atoms with van der Waals surface area (Å²) in [4.78, 5) is 28.2. The Morgan fingerprint density at radius 1 is 1.00 bits per heavy atom. The average molecular weight is 403 g/mol. The lowest BCUT2D eigenvalue weighted by Crippen LogP contribution is -2.52. The molecule has 0 bridgehead atoms. The van der Waals surface area contributed by atoms with Gasteiger partial charge in [-0.25, -0.2) is 0 Å². The highest BCUT2D eigenvalue weighted by atomic mass is 16.2. The van der Waals surface area contributed by atoms with Crippen LogP contribution in [0.2, 0.25) is 0 Å². The number of benzene rings is 1. The van der Waals surface area contributed by atoms with Crippen molar-refractivity contribution >= 4 is 11.8 Å². The van der Waals surface area contributed by atoms with Gasteiger partial charge in [-0.1, -0.05) is 52.0 Å². The van der Waals surface area contributed by atoms with Gasteiger partial charge in [-0.05, 0) is 29.4 Å². The third kappa shape index (κ3) is 6.82. The molecule has 1 heterocycles. The summed E-state index contributed by atoms with van der Waals surface area (Å²) >= 11 is 0. The van der Waals surface area contributed by atoms with Gasteiger partial charge >= 0.3 is 0 Å². The lowest BCUT2D eigenvalue weighted by Gasteiger charge is -2.34. The SMILES string of the molecule is CC[C@H](C)c1ccc([C@H](NCC(=O)N2CCN(CC(=O)NC)CC2)C(C)C)cc1. The van der Waals surface area contributed by atoms with E-state index in [-0.39, 0.29) is 17.9 Å². The zero-order valence-corrected chi connectivity index (χ0v) is 18.7. The summed E-state index contributed by atoms with van der Waals surface area (Å²) in [5.41, 5.74) is 2.60. The topological polar surface area (TPSA) is 64.7 Å². The van der Waals surface area contributed by atoms with Crippen molar-refractivity contribution in [3.05, 3.63) is 35.4 Å². The quantitative estimate of drug-likeness (QED) is 0.666. The summed E-state index contributed by atoms with van der Waals surface area (Å²) in [6, 6.07) is 8.98. The molecule has 162 valence electrons. The van der Waals surface area contributed by atoms with Crippen LogP contribution in [0, 0.1) is 5.92 Å². The first-order valence-electron chi connectivity index (χ1n) is 10.9. The van der Waals surface area contributed by atoms with Crippen LogP contribution < -0.4 is 10.6 Å². The Balaban J connectivity index is 1.87. The number of hydrogen-bond acceptors (Lipinski definition) is 4. The number of rotatable bonds is 9. The molecule has 0 unspecified atom stereocenters. The molecule has 6 heteroatoms. The van der Waals surface area contributed by atoms with Gasteiger partial charge in [-0.15, -0.1) is 0 Å². The molecule has 1 aromatic rings. The van der Waals surface area contributed by atoms with Crippen LogP contribution >= 0.6 is 0 Å². The van der Waals surface area contributed by atoms with E-state index in [4.69, 9.17) is 0 Å². The number of carbonyl (C=O) groups excluding carboxylic acids is 2. The number of amides is 2. The van der Waals surface area contributed by atoms with E-state index in [1.54, 1.807) is 7.05 Å². The standard InChI is InChI=1S/C23H38N4O2/c1-6-18(4)19-7-9-20(10-8-19)23(17(2)3)25-15-22(29)27-13-11-26(12-14-27)16-21(28)24-5/h7-10,17-18,23,25H,6,11-16H2,1-5H3,(H,24,28)/t18-,23+/m0/s1. The summed E-state index contributed by atoms with van der Waals surface area (Å²) in [5.74, 6) is 1.11. The molecule has 1 aliphatic rings. The third-order valence-electron chi connectivity index (χ3n) is 5.99. The first-order valence-corrected chi connectivity index (χ1v) is 10.9. The smallest absolute Gasteiger partial charge is 0.236 e. The van der Waals surface area contributed by atoms with Crippen molar-refractivity contribution in [2.75, 3.05) is 46.3 Å². The van der Waals surface area contributed by atoms with Gasteiger partial charge in [0.15, 0.2) is 0 Å². The number of nitrogens with one attached hydrogen (secondary N) is 2. The van der Waals surface area contributed by atoms with E-state index in [1.165, 1.54) is 11.1 Å². The van der Waals surface area contributed by atoms with Crippen molar-refractivity contribution in [3.8, 4) is 0 Å². The van der Waals surface area contributed by atoms with Crippen molar-refractivity contribution in [3.63, 3.8) is 0 Å². The number of carbonyl (C=O) groups is 2. The maximum absolute atomic E-state index is 12.7. The normalized spacial score (nSPS) is 17.2. The van der Waals surface area contributed by atoms with Crippen LogP contribution in [0.1, 0.15) is 57.2 Å². The lowest BCUT2D eigenvalue weighted by molar-refractivity contribution is -0.132. The van der Waals surface area contributed by atoms with Gasteiger partial charge in [0.2, 0.25) is 11.8 Å². The second-order valence-corrected chi connectivity index (χ2v) is 8.41. The summed E-state index contributed by atoms with van der Waals surface area (Å²) in [6.07, 6.45) is 1.14. The molecule has 0 radical (unpaired) electrons. The summed E-state index contributed by atoms with van der Waals surface area (Å²) in [7, 11) is 1.65.